The normalized spacial score (nSPS) is 7.42. The Labute approximate surface area is 72.5 Å². The van der Waals surface area contributed by atoms with Crippen LogP contribution in [-0.2, 0) is 4.79 Å². The van der Waals surface area contributed by atoms with Gasteiger partial charge in [-0.05, 0) is 26.0 Å². The van der Waals surface area contributed by atoms with Crippen molar-refractivity contribution in [2.24, 2.45) is 0 Å². The van der Waals surface area contributed by atoms with E-state index in [-0.39, 0.29) is 0 Å². The van der Waals surface area contributed by atoms with Crippen LogP contribution in [0.5, 0.6) is 0 Å². The molecule has 2 heteroatoms. The number of carbonyl (C=O) groups is 1. The predicted molar refractivity (Wildman–Crippen MR) is 47.6 cm³/mol. The zero-order valence-corrected chi connectivity index (χ0v) is 7.24. The average Bonchev–Trinajstić information content (AvgIpc) is 2.07. The molecule has 0 spiro atoms. The molecule has 2 nitrogen and oxygen atoms in total. The van der Waals surface area contributed by atoms with Gasteiger partial charge in [-0.1, -0.05) is 17.7 Å². The molecule has 1 aromatic rings. The first-order valence-corrected chi connectivity index (χ1v) is 3.61. The van der Waals surface area contributed by atoms with E-state index in [4.69, 9.17) is 10.1 Å². The lowest BCUT2D eigenvalue weighted by Gasteiger charge is -1.88. The van der Waals surface area contributed by atoms with Gasteiger partial charge in [0.05, 0.1) is 11.6 Å². The summed E-state index contributed by atoms with van der Waals surface area (Å²) in [6, 6.07) is 9.54. The van der Waals surface area contributed by atoms with E-state index in [2.05, 4.69) is 6.07 Å². The molecule has 0 aliphatic carbocycles. The Bertz CT molecular complexity index is 269. The molecule has 0 amide bonds. The fourth-order valence-electron chi connectivity index (χ4n) is 0.628. The molecule has 0 fully saturated rings. The summed E-state index contributed by atoms with van der Waals surface area (Å²) in [6.07, 6.45) is 0.750. The smallest absolute Gasteiger partial charge is 0.116 e. The lowest BCUT2D eigenvalue weighted by Crippen LogP contribution is -1.72. The van der Waals surface area contributed by atoms with Crippen LogP contribution in [0.2, 0.25) is 0 Å². The molecule has 0 aromatic heterocycles. The van der Waals surface area contributed by atoms with E-state index < -0.39 is 0 Å². The topological polar surface area (TPSA) is 40.9 Å². The Balaban J connectivity index is 0.000000354. The molecule has 1 rings (SSSR count). The van der Waals surface area contributed by atoms with Gasteiger partial charge in [-0.25, -0.2) is 0 Å². The van der Waals surface area contributed by atoms with Crippen molar-refractivity contribution in [2.45, 2.75) is 13.8 Å². The maximum atomic E-state index is 8.81. The Morgan fingerprint density at radius 1 is 1.33 bits per heavy atom. The van der Waals surface area contributed by atoms with E-state index in [1.807, 2.05) is 31.2 Å². The average molecular weight is 161 g/mol. The Morgan fingerprint density at radius 3 is 2.08 bits per heavy atom. The molecule has 0 heterocycles. The van der Waals surface area contributed by atoms with Gasteiger partial charge in [-0.2, -0.15) is 5.26 Å². The molecular formula is C10H11NO. The number of hydrogen-bond donors (Lipinski definition) is 0. The van der Waals surface area contributed by atoms with E-state index in [0.717, 1.165) is 11.8 Å². The Morgan fingerprint density at radius 2 is 1.75 bits per heavy atom. The number of aryl methyl sites for hydroxylation is 1. The molecule has 0 bridgehead atoms. The zero-order chi connectivity index (χ0) is 9.40. The number of benzene rings is 1. The van der Waals surface area contributed by atoms with Crippen molar-refractivity contribution in [2.75, 3.05) is 0 Å². The van der Waals surface area contributed by atoms with Crippen LogP contribution in [0.25, 0.3) is 0 Å². The number of aldehydes is 1. The highest BCUT2D eigenvalue weighted by atomic mass is 16.1. The second-order valence-corrected chi connectivity index (χ2v) is 2.21. The highest BCUT2D eigenvalue weighted by molar-refractivity contribution is 5.44. The minimum Gasteiger partial charge on any atom is -0.304 e. The fourth-order valence-corrected chi connectivity index (χ4v) is 0.628. The van der Waals surface area contributed by atoms with Crippen molar-refractivity contribution < 1.29 is 4.79 Å². The van der Waals surface area contributed by atoms with E-state index in [1.54, 1.807) is 0 Å². The van der Waals surface area contributed by atoms with Crippen molar-refractivity contribution in [3.05, 3.63) is 35.4 Å². The number of rotatable bonds is 0. The number of nitrogens with zero attached hydrogens (tertiary/aromatic N) is 1. The Kier molecular flexibility index (Phi) is 5.29. The maximum Gasteiger partial charge on any atom is 0.116 e. The summed E-state index contributed by atoms with van der Waals surface area (Å²) in [4.78, 5) is 8.81. The standard InChI is InChI=1S/C8H7N.C2H4O/c1-7-2-4-8(6-9)5-3-7;1-2-3/h2-5H,1H3;2H,1H3. The van der Waals surface area contributed by atoms with Crippen LogP contribution in [0.4, 0.5) is 0 Å². The molecule has 12 heavy (non-hydrogen) atoms. The summed E-state index contributed by atoms with van der Waals surface area (Å²) in [5, 5.41) is 8.38. The predicted octanol–water partition coefficient (Wildman–Crippen LogP) is 2.07. The van der Waals surface area contributed by atoms with Crippen LogP contribution in [0.15, 0.2) is 24.3 Å². The van der Waals surface area contributed by atoms with Crippen molar-refractivity contribution in [1.82, 2.24) is 0 Å². The summed E-state index contributed by atoms with van der Waals surface area (Å²) >= 11 is 0. The third-order valence-corrected chi connectivity index (χ3v) is 1.18. The molecule has 0 saturated carbocycles. The molecule has 0 atom stereocenters. The van der Waals surface area contributed by atoms with Crippen LogP contribution in [0.3, 0.4) is 0 Å². The van der Waals surface area contributed by atoms with Crippen molar-refractivity contribution in [1.29, 1.82) is 5.26 Å². The maximum absolute atomic E-state index is 8.81. The molecule has 0 saturated heterocycles. The van der Waals surface area contributed by atoms with Gasteiger partial charge in [0.2, 0.25) is 0 Å². The summed E-state index contributed by atoms with van der Waals surface area (Å²) in [7, 11) is 0. The summed E-state index contributed by atoms with van der Waals surface area (Å²) in [6.45, 7) is 3.45. The second-order valence-electron chi connectivity index (χ2n) is 2.21. The van der Waals surface area contributed by atoms with Crippen LogP contribution in [-0.4, -0.2) is 6.29 Å². The van der Waals surface area contributed by atoms with E-state index >= 15 is 0 Å². The Hall–Kier alpha value is -1.62. The highest BCUT2D eigenvalue weighted by Gasteiger charge is 1.84. The third kappa shape index (κ3) is 4.24. The molecule has 1 aromatic carbocycles. The lowest BCUT2D eigenvalue weighted by molar-refractivity contribution is -0.106. The van der Waals surface area contributed by atoms with Gasteiger partial charge < -0.3 is 4.79 Å². The first-order chi connectivity index (χ1) is 5.74. The number of nitriles is 1. The van der Waals surface area contributed by atoms with Crippen molar-refractivity contribution in [3.63, 3.8) is 0 Å². The number of hydrogen-bond acceptors (Lipinski definition) is 2. The van der Waals surface area contributed by atoms with Crippen LogP contribution < -0.4 is 0 Å². The van der Waals surface area contributed by atoms with Crippen molar-refractivity contribution >= 4 is 6.29 Å². The minimum absolute atomic E-state index is 0.723. The molecule has 0 N–H and O–H groups in total. The van der Waals surface area contributed by atoms with Gasteiger partial charge in [0.15, 0.2) is 0 Å². The lowest BCUT2D eigenvalue weighted by atomic mass is 10.2. The first kappa shape index (κ1) is 10.4. The van der Waals surface area contributed by atoms with E-state index in [0.29, 0.717) is 0 Å². The van der Waals surface area contributed by atoms with Gasteiger partial charge >= 0.3 is 0 Å². The molecular weight excluding hydrogens is 150 g/mol. The molecule has 0 radical (unpaired) electrons. The zero-order valence-electron chi connectivity index (χ0n) is 7.24. The fraction of sp³-hybridized carbons (Fsp3) is 0.200. The second kappa shape index (κ2) is 6.11. The largest absolute Gasteiger partial charge is 0.304 e. The van der Waals surface area contributed by atoms with Crippen LogP contribution in [0.1, 0.15) is 18.1 Å². The SMILES string of the molecule is CC=O.Cc1ccc(C#N)cc1. The highest BCUT2D eigenvalue weighted by Crippen LogP contribution is 1.99. The molecule has 0 unspecified atom stereocenters. The summed E-state index contributed by atoms with van der Waals surface area (Å²) in [5.74, 6) is 0. The van der Waals surface area contributed by atoms with Gasteiger partial charge in [0.25, 0.3) is 0 Å². The van der Waals surface area contributed by atoms with E-state index in [9.17, 15) is 0 Å². The molecule has 62 valence electrons. The van der Waals surface area contributed by atoms with Gasteiger partial charge in [-0.3, -0.25) is 0 Å². The van der Waals surface area contributed by atoms with E-state index in [1.165, 1.54) is 12.5 Å². The third-order valence-electron chi connectivity index (χ3n) is 1.18. The first-order valence-electron chi connectivity index (χ1n) is 3.61. The van der Waals surface area contributed by atoms with Crippen LogP contribution in [0, 0.1) is 18.3 Å². The quantitative estimate of drug-likeness (QED) is 0.546. The van der Waals surface area contributed by atoms with Gasteiger partial charge in [0, 0.05) is 0 Å². The minimum atomic E-state index is 0.723. The molecule has 0 aliphatic rings. The van der Waals surface area contributed by atoms with Crippen molar-refractivity contribution in [3.8, 4) is 6.07 Å². The van der Waals surface area contributed by atoms with Gasteiger partial charge in [-0.15, -0.1) is 0 Å². The van der Waals surface area contributed by atoms with Crippen LogP contribution >= 0.6 is 0 Å². The summed E-state index contributed by atoms with van der Waals surface area (Å²) in [5.41, 5.74) is 1.91. The van der Waals surface area contributed by atoms with Gasteiger partial charge in [0.1, 0.15) is 6.29 Å². The number of carbonyl (C=O) groups excluding carboxylic acids is 1. The monoisotopic (exact) mass is 161 g/mol. The summed E-state index contributed by atoms with van der Waals surface area (Å²) < 4.78 is 0. The molecule has 0 aliphatic heterocycles.